The van der Waals surface area contributed by atoms with Crippen molar-refractivity contribution in [1.29, 1.82) is 0 Å². The zero-order chi connectivity index (χ0) is 22.2. The third-order valence-corrected chi connectivity index (χ3v) is 4.94. The molecule has 0 saturated heterocycles. The van der Waals surface area contributed by atoms with E-state index in [1.54, 1.807) is 55.6 Å². The fourth-order valence-corrected chi connectivity index (χ4v) is 3.09. The van der Waals surface area contributed by atoms with Gasteiger partial charge in [-0.1, -0.05) is 36.4 Å². The SMILES string of the molecule is COc1ccc(CC(=O)N/C(=C/c2ccc(Oc3ccccc3Br)cc2)C(=O)O)cc1. The van der Waals surface area contributed by atoms with Crippen LogP contribution in [-0.2, 0) is 16.0 Å². The van der Waals surface area contributed by atoms with Gasteiger partial charge in [-0.25, -0.2) is 4.79 Å². The highest BCUT2D eigenvalue weighted by Crippen LogP contribution is 2.29. The number of hydrogen-bond acceptors (Lipinski definition) is 4. The number of halogens is 1. The number of hydrogen-bond donors (Lipinski definition) is 2. The quantitative estimate of drug-likeness (QED) is 0.440. The minimum absolute atomic E-state index is 0.0490. The lowest BCUT2D eigenvalue weighted by molar-refractivity contribution is -0.134. The largest absolute Gasteiger partial charge is 0.497 e. The molecule has 3 aromatic rings. The first-order valence-electron chi connectivity index (χ1n) is 9.35. The van der Waals surface area contributed by atoms with Crippen molar-refractivity contribution in [3.63, 3.8) is 0 Å². The van der Waals surface area contributed by atoms with Crippen LogP contribution in [0.25, 0.3) is 6.08 Å². The summed E-state index contributed by atoms with van der Waals surface area (Å²) in [5.74, 6) is 0.305. The third-order valence-electron chi connectivity index (χ3n) is 4.28. The molecule has 3 rings (SSSR count). The Bertz CT molecular complexity index is 1090. The predicted octanol–water partition coefficient (Wildman–Crippen LogP) is 5.03. The van der Waals surface area contributed by atoms with Crippen LogP contribution in [0.1, 0.15) is 11.1 Å². The van der Waals surface area contributed by atoms with Gasteiger partial charge in [0.1, 0.15) is 22.9 Å². The molecule has 2 N–H and O–H groups in total. The van der Waals surface area contributed by atoms with Crippen LogP contribution in [0.5, 0.6) is 17.2 Å². The summed E-state index contributed by atoms with van der Waals surface area (Å²) >= 11 is 3.42. The molecule has 1 amide bonds. The van der Waals surface area contributed by atoms with Crippen molar-refractivity contribution >= 4 is 33.9 Å². The second kappa shape index (κ2) is 10.4. The molecule has 0 unspecified atom stereocenters. The summed E-state index contributed by atoms with van der Waals surface area (Å²) < 4.78 is 11.7. The van der Waals surface area contributed by atoms with Crippen LogP contribution in [-0.4, -0.2) is 24.1 Å². The van der Waals surface area contributed by atoms with Crippen molar-refractivity contribution in [2.45, 2.75) is 6.42 Å². The molecule has 0 aromatic heterocycles. The summed E-state index contributed by atoms with van der Waals surface area (Å²) in [4.78, 5) is 23.9. The standard InChI is InChI=1S/C24H20BrNO5/c1-30-18-10-6-17(7-11-18)15-23(27)26-21(24(28)29)14-16-8-12-19(13-9-16)31-22-5-3-2-4-20(22)25/h2-14H,15H2,1H3,(H,26,27)(H,28,29)/b21-14+. The molecule has 3 aromatic carbocycles. The molecule has 0 aliphatic carbocycles. The van der Waals surface area contributed by atoms with Crippen LogP contribution in [0.15, 0.2) is 83.0 Å². The van der Waals surface area contributed by atoms with Gasteiger partial charge in [0.25, 0.3) is 0 Å². The molecular weight excluding hydrogens is 462 g/mol. The Morgan fingerprint density at radius 3 is 2.23 bits per heavy atom. The maximum Gasteiger partial charge on any atom is 0.352 e. The Hall–Kier alpha value is -3.58. The summed E-state index contributed by atoms with van der Waals surface area (Å²) in [6.45, 7) is 0. The average Bonchev–Trinajstić information content (AvgIpc) is 2.76. The monoisotopic (exact) mass is 481 g/mol. The van der Waals surface area contributed by atoms with Gasteiger partial charge in [0.15, 0.2) is 0 Å². The lowest BCUT2D eigenvalue weighted by atomic mass is 10.1. The normalized spacial score (nSPS) is 11.0. The van der Waals surface area contributed by atoms with Crippen LogP contribution in [0, 0.1) is 0 Å². The van der Waals surface area contributed by atoms with E-state index in [4.69, 9.17) is 9.47 Å². The number of para-hydroxylation sites is 1. The van der Waals surface area contributed by atoms with E-state index < -0.39 is 11.9 Å². The number of nitrogens with one attached hydrogen (secondary N) is 1. The van der Waals surface area contributed by atoms with Gasteiger partial charge in [0.2, 0.25) is 5.91 Å². The number of carbonyl (C=O) groups is 2. The average molecular weight is 482 g/mol. The molecule has 0 aliphatic heterocycles. The molecule has 0 atom stereocenters. The first kappa shape index (κ1) is 22.1. The first-order valence-corrected chi connectivity index (χ1v) is 10.1. The van der Waals surface area contributed by atoms with E-state index in [-0.39, 0.29) is 12.1 Å². The highest BCUT2D eigenvalue weighted by Gasteiger charge is 2.12. The van der Waals surface area contributed by atoms with E-state index in [0.717, 1.165) is 10.0 Å². The Kier molecular flexibility index (Phi) is 7.45. The van der Waals surface area contributed by atoms with Crippen LogP contribution in [0.3, 0.4) is 0 Å². The fourth-order valence-electron chi connectivity index (χ4n) is 2.73. The second-order valence-corrected chi connectivity index (χ2v) is 7.39. The highest BCUT2D eigenvalue weighted by atomic mass is 79.9. The Balaban J connectivity index is 1.67. The number of ether oxygens (including phenoxy) is 2. The molecule has 0 saturated carbocycles. The van der Waals surface area contributed by atoms with Crippen LogP contribution in [0.2, 0.25) is 0 Å². The van der Waals surface area contributed by atoms with Crippen molar-refractivity contribution in [3.05, 3.63) is 94.1 Å². The molecule has 158 valence electrons. The number of rotatable bonds is 8. The molecule has 0 heterocycles. The molecule has 0 fully saturated rings. The zero-order valence-electron chi connectivity index (χ0n) is 16.7. The van der Waals surface area contributed by atoms with Gasteiger partial charge in [-0.15, -0.1) is 0 Å². The lowest BCUT2D eigenvalue weighted by Crippen LogP contribution is -2.28. The van der Waals surface area contributed by atoms with Gasteiger partial charge in [-0.2, -0.15) is 0 Å². The minimum atomic E-state index is -1.23. The van der Waals surface area contributed by atoms with E-state index >= 15 is 0 Å². The number of benzene rings is 3. The summed E-state index contributed by atoms with van der Waals surface area (Å²) in [5.41, 5.74) is 1.15. The van der Waals surface area contributed by atoms with Gasteiger partial charge >= 0.3 is 5.97 Å². The number of carbonyl (C=O) groups excluding carboxylic acids is 1. The number of aliphatic carboxylic acids is 1. The topological polar surface area (TPSA) is 84.9 Å². The van der Waals surface area contributed by atoms with Gasteiger partial charge in [-0.3, -0.25) is 4.79 Å². The second-order valence-electron chi connectivity index (χ2n) is 6.54. The smallest absolute Gasteiger partial charge is 0.352 e. The van der Waals surface area contributed by atoms with E-state index in [9.17, 15) is 14.7 Å². The zero-order valence-corrected chi connectivity index (χ0v) is 18.3. The number of carboxylic acids is 1. The fraction of sp³-hybridized carbons (Fsp3) is 0.0833. The van der Waals surface area contributed by atoms with Crippen LogP contribution in [0.4, 0.5) is 0 Å². The Morgan fingerprint density at radius 1 is 0.968 bits per heavy atom. The lowest BCUT2D eigenvalue weighted by Gasteiger charge is -2.09. The number of methoxy groups -OCH3 is 1. The molecular formula is C24H20BrNO5. The summed E-state index contributed by atoms with van der Waals surface area (Å²) in [6.07, 6.45) is 1.45. The number of carboxylic acid groups (broad SMARTS) is 1. The van der Waals surface area contributed by atoms with Crippen molar-refractivity contribution in [2.75, 3.05) is 7.11 Å². The molecule has 6 nitrogen and oxygen atoms in total. The minimum Gasteiger partial charge on any atom is -0.497 e. The summed E-state index contributed by atoms with van der Waals surface area (Å²) in [5, 5.41) is 11.9. The maximum atomic E-state index is 12.3. The predicted molar refractivity (Wildman–Crippen MR) is 121 cm³/mol. The van der Waals surface area contributed by atoms with Crippen LogP contribution < -0.4 is 14.8 Å². The number of amides is 1. The van der Waals surface area contributed by atoms with Crippen molar-refractivity contribution in [2.24, 2.45) is 0 Å². The van der Waals surface area contributed by atoms with Crippen molar-refractivity contribution < 1.29 is 24.2 Å². The Labute approximate surface area is 188 Å². The summed E-state index contributed by atoms with van der Waals surface area (Å²) in [6, 6.07) is 21.3. The van der Waals surface area contributed by atoms with Crippen LogP contribution >= 0.6 is 15.9 Å². The van der Waals surface area contributed by atoms with E-state index in [1.165, 1.54) is 6.08 Å². The highest BCUT2D eigenvalue weighted by molar-refractivity contribution is 9.10. The Morgan fingerprint density at radius 2 is 1.61 bits per heavy atom. The van der Waals surface area contributed by atoms with Gasteiger partial charge in [0.05, 0.1) is 18.0 Å². The van der Waals surface area contributed by atoms with E-state index in [0.29, 0.717) is 22.8 Å². The van der Waals surface area contributed by atoms with E-state index in [2.05, 4.69) is 21.2 Å². The molecule has 0 bridgehead atoms. The summed E-state index contributed by atoms with van der Waals surface area (Å²) in [7, 11) is 1.56. The molecule has 0 radical (unpaired) electrons. The van der Waals surface area contributed by atoms with Crippen molar-refractivity contribution in [1.82, 2.24) is 5.32 Å². The third kappa shape index (κ3) is 6.45. The van der Waals surface area contributed by atoms with Gasteiger partial charge < -0.3 is 19.9 Å². The van der Waals surface area contributed by atoms with Gasteiger partial charge in [0, 0.05) is 0 Å². The van der Waals surface area contributed by atoms with E-state index in [1.807, 2.05) is 24.3 Å². The molecule has 0 spiro atoms. The van der Waals surface area contributed by atoms with Gasteiger partial charge in [-0.05, 0) is 69.5 Å². The van der Waals surface area contributed by atoms with Crippen molar-refractivity contribution in [3.8, 4) is 17.2 Å². The molecule has 0 aliphatic rings. The maximum absolute atomic E-state index is 12.3. The molecule has 7 heteroatoms. The molecule has 31 heavy (non-hydrogen) atoms. The first-order chi connectivity index (χ1) is 14.9.